The molecule has 0 radical (unpaired) electrons. The monoisotopic (exact) mass is 787 g/mol. The van der Waals surface area contributed by atoms with Crippen molar-refractivity contribution in [3.63, 3.8) is 0 Å². The molecule has 1 aliphatic rings. The van der Waals surface area contributed by atoms with Crippen LogP contribution in [-0.2, 0) is 0 Å². The SMILES string of the molecule is OCC1(CO)CCCCCCCCCCCCCCCCCCCCCCCCCCCCCCCCCCCC(CO)(CO)C(CO)(CO)C1(CO)CO. The third-order valence-electron chi connectivity index (χ3n) is 14.5. The van der Waals surface area contributed by atoms with Crippen LogP contribution in [0, 0.1) is 21.7 Å². The fraction of sp³-hybridized carbons (Fsp3) is 1.00. The van der Waals surface area contributed by atoms with E-state index in [0.717, 1.165) is 38.5 Å². The first-order valence-electron chi connectivity index (χ1n) is 23.8. The highest BCUT2D eigenvalue weighted by molar-refractivity contribution is 5.14. The normalized spacial score (nSPS) is 24.4. The number of hydrogen-bond donors (Lipinski definition) is 8. The quantitative estimate of drug-likeness (QED) is 0.121. The summed E-state index contributed by atoms with van der Waals surface area (Å²) in [4.78, 5) is 0. The third kappa shape index (κ3) is 17.4. The van der Waals surface area contributed by atoms with Gasteiger partial charge in [0.25, 0.3) is 0 Å². The van der Waals surface area contributed by atoms with Crippen LogP contribution >= 0.6 is 0 Å². The predicted octanol–water partition coefficient (Wildman–Crippen LogP) is 9.54. The Hall–Kier alpha value is -0.320. The van der Waals surface area contributed by atoms with Gasteiger partial charge in [0.15, 0.2) is 0 Å². The second kappa shape index (κ2) is 33.5. The highest BCUT2D eigenvalue weighted by Crippen LogP contribution is 2.62. The molecule has 55 heavy (non-hydrogen) atoms. The molecule has 8 N–H and O–H groups in total. The second-order valence-corrected chi connectivity index (χ2v) is 18.2. The Morgan fingerprint density at radius 2 is 0.309 bits per heavy atom. The minimum Gasteiger partial charge on any atom is -0.396 e. The van der Waals surface area contributed by atoms with Crippen molar-refractivity contribution in [2.24, 2.45) is 21.7 Å². The molecule has 1 aliphatic carbocycles. The lowest BCUT2D eigenvalue weighted by molar-refractivity contribution is -0.268. The molecule has 0 heterocycles. The smallest absolute Gasteiger partial charge is 0.0523 e. The van der Waals surface area contributed by atoms with Crippen molar-refractivity contribution in [3.8, 4) is 0 Å². The molecule has 0 aromatic heterocycles. The lowest BCUT2D eigenvalue weighted by Gasteiger charge is -2.63. The van der Waals surface area contributed by atoms with Gasteiger partial charge in [0.05, 0.1) is 52.9 Å². The van der Waals surface area contributed by atoms with Crippen molar-refractivity contribution in [1.82, 2.24) is 0 Å². The first-order valence-corrected chi connectivity index (χ1v) is 23.8. The summed E-state index contributed by atoms with van der Waals surface area (Å²) in [5.74, 6) is 0. The van der Waals surface area contributed by atoms with Gasteiger partial charge in [0, 0.05) is 21.7 Å². The van der Waals surface area contributed by atoms with Crippen molar-refractivity contribution in [2.45, 2.75) is 225 Å². The van der Waals surface area contributed by atoms with Gasteiger partial charge in [-0.2, -0.15) is 0 Å². The first kappa shape index (κ1) is 52.7. The van der Waals surface area contributed by atoms with E-state index in [1.165, 1.54) is 161 Å². The van der Waals surface area contributed by atoms with Crippen LogP contribution in [0.2, 0.25) is 0 Å². The van der Waals surface area contributed by atoms with Crippen LogP contribution in [-0.4, -0.2) is 93.7 Å². The molecule has 1 fully saturated rings. The molecule has 0 bridgehead atoms. The Balaban J connectivity index is 2.89. The molecule has 0 unspecified atom stereocenters. The number of hydrogen-bond acceptors (Lipinski definition) is 8. The summed E-state index contributed by atoms with van der Waals surface area (Å²) in [7, 11) is 0. The maximum atomic E-state index is 11.1. The summed E-state index contributed by atoms with van der Waals surface area (Å²) < 4.78 is 0. The van der Waals surface area contributed by atoms with Gasteiger partial charge in [-0.3, -0.25) is 0 Å². The molecular formula is C47H94O8. The molecule has 0 aromatic rings. The van der Waals surface area contributed by atoms with E-state index in [1.807, 2.05) is 0 Å². The van der Waals surface area contributed by atoms with Crippen molar-refractivity contribution in [3.05, 3.63) is 0 Å². The van der Waals surface area contributed by atoms with Gasteiger partial charge in [-0.25, -0.2) is 0 Å². The van der Waals surface area contributed by atoms with Crippen LogP contribution in [0.5, 0.6) is 0 Å². The van der Waals surface area contributed by atoms with Crippen molar-refractivity contribution in [1.29, 1.82) is 0 Å². The number of aliphatic hydroxyl groups excluding tert-OH is 8. The Labute approximate surface area is 339 Å². The summed E-state index contributed by atoms with van der Waals surface area (Å²) in [5, 5.41) is 88.1. The molecule has 330 valence electrons. The fourth-order valence-corrected chi connectivity index (χ4v) is 10.3. The fourth-order valence-electron chi connectivity index (χ4n) is 10.3. The third-order valence-corrected chi connectivity index (χ3v) is 14.5. The average molecular weight is 787 g/mol. The lowest BCUT2D eigenvalue weighted by Crippen LogP contribution is -2.70. The lowest BCUT2D eigenvalue weighted by atomic mass is 9.42. The highest BCUT2D eigenvalue weighted by Gasteiger charge is 2.68. The standard InChI is InChI=1S/C47H94O8/c48-36-44(37-49)34-32-30-28-26-24-22-20-18-16-14-12-10-8-6-4-2-1-3-5-7-9-11-13-15-17-19-21-23-25-27-29-31-33-35-45(38-50,39-51)47(42-54,43-55)46(44,40-52)41-53/h48-55H,1-43H2. The topological polar surface area (TPSA) is 162 Å². The molecule has 0 aliphatic heterocycles. The van der Waals surface area contributed by atoms with E-state index in [0.29, 0.717) is 12.8 Å². The van der Waals surface area contributed by atoms with Crippen molar-refractivity contribution in [2.75, 3.05) is 52.9 Å². The Morgan fingerprint density at radius 1 is 0.182 bits per heavy atom. The van der Waals surface area contributed by atoms with Crippen LogP contribution in [0.25, 0.3) is 0 Å². The minimum atomic E-state index is -1.79. The van der Waals surface area contributed by atoms with Crippen LogP contribution in [0.15, 0.2) is 0 Å². The van der Waals surface area contributed by atoms with Crippen LogP contribution < -0.4 is 0 Å². The Morgan fingerprint density at radius 3 is 0.418 bits per heavy atom. The van der Waals surface area contributed by atoms with E-state index in [9.17, 15) is 40.9 Å². The molecular weight excluding hydrogens is 693 g/mol. The van der Waals surface area contributed by atoms with Crippen LogP contribution in [0.3, 0.4) is 0 Å². The maximum absolute atomic E-state index is 11.1. The maximum Gasteiger partial charge on any atom is 0.0523 e. The molecule has 8 heteroatoms. The van der Waals surface area contributed by atoms with E-state index in [2.05, 4.69) is 0 Å². The highest BCUT2D eigenvalue weighted by atomic mass is 16.3. The summed E-state index contributed by atoms with van der Waals surface area (Å²) in [5.41, 5.74) is -6.51. The van der Waals surface area contributed by atoms with E-state index < -0.39 is 74.5 Å². The summed E-state index contributed by atoms with van der Waals surface area (Å²) in [6.07, 6.45) is 41.3. The van der Waals surface area contributed by atoms with E-state index >= 15 is 0 Å². The first-order chi connectivity index (χ1) is 26.9. The molecule has 0 aromatic carbocycles. The van der Waals surface area contributed by atoms with E-state index in [-0.39, 0.29) is 12.8 Å². The minimum absolute atomic E-state index is 0.260. The zero-order valence-corrected chi connectivity index (χ0v) is 36.0. The summed E-state index contributed by atoms with van der Waals surface area (Å²) in [6, 6.07) is 0. The molecule has 0 amide bonds. The molecule has 8 nitrogen and oxygen atoms in total. The summed E-state index contributed by atoms with van der Waals surface area (Å²) >= 11 is 0. The van der Waals surface area contributed by atoms with Gasteiger partial charge >= 0.3 is 0 Å². The average Bonchev–Trinajstić information content (AvgIpc) is 3.22. The predicted molar refractivity (Wildman–Crippen MR) is 228 cm³/mol. The Bertz CT molecular complexity index is 756. The molecule has 0 atom stereocenters. The molecule has 0 spiro atoms. The van der Waals surface area contributed by atoms with Gasteiger partial charge in [0.2, 0.25) is 0 Å². The Kier molecular flexibility index (Phi) is 32.1. The van der Waals surface area contributed by atoms with Gasteiger partial charge in [-0.15, -0.1) is 0 Å². The van der Waals surface area contributed by atoms with Crippen LogP contribution in [0.4, 0.5) is 0 Å². The van der Waals surface area contributed by atoms with Gasteiger partial charge < -0.3 is 40.9 Å². The van der Waals surface area contributed by atoms with Crippen LogP contribution in [0.1, 0.15) is 225 Å². The van der Waals surface area contributed by atoms with Gasteiger partial charge in [0.1, 0.15) is 0 Å². The molecule has 1 rings (SSSR count). The van der Waals surface area contributed by atoms with Gasteiger partial charge in [-0.05, 0) is 12.8 Å². The second-order valence-electron chi connectivity index (χ2n) is 18.2. The number of rotatable bonds is 8. The summed E-state index contributed by atoms with van der Waals surface area (Å²) in [6.45, 7) is -5.31. The zero-order valence-electron chi connectivity index (χ0n) is 36.0. The molecule has 0 saturated heterocycles. The zero-order chi connectivity index (χ0) is 40.4. The number of aliphatic hydroxyl groups is 8. The molecule has 1 saturated carbocycles. The van der Waals surface area contributed by atoms with Gasteiger partial charge in [-0.1, -0.05) is 212 Å². The van der Waals surface area contributed by atoms with Crippen molar-refractivity contribution < 1.29 is 40.9 Å². The van der Waals surface area contributed by atoms with Crippen molar-refractivity contribution >= 4 is 0 Å². The van der Waals surface area contributed by atoms with E-state index in [1.54, 1.807) is 0 Å². The largest absolute Gasteiger partial charge is 0.396 e. The van der Waals surface area contributed by atoms with E-state index in [4.69, 9.17) is 0 Å².